The first-order chi connectivity index (χ1) is 6.13. The lowest BCUT2D eigenvalue weighted by atomic mass is 9.95. The average molecular weight is 224 g/mol. The Morgan fingerprint density at radius 1 is 1.00 bits per heavy atom. The molecule has 0 heterocycles. The summed E-state index contributed by atoms with van der Waals surface area (Å²) in [6.07, 6.45) is 4.83. The highest BCUT2D eigenvalue weighted by Crippen LogP contribution is 2.24. The van der Waals surface area contributed by atoms with E-state index in [4.69, 9.17) is 23.2 Å². The molecule has 0 radical (unpaired) electrons. The Hall–Kier alpha value is -0.280. The van der Waals surface area contributed by atoms with E-state index < -0.39 is 10.7 Å². The van der Waals surface area contributed by atoms with E-state index in [1.807, 2.05) is 0 Å². The van der Waals surface area contributed by atoms with Crippen molar-refractivity contribution in [3.63, 3.8) is 0 Å². The molecule has 1 aliphatic rings. The van der Waals surface area contributed by atoms with Crippen molar-refractivity contribution in [3.8, 4) is 0 Å². The number of imide groups is 1. The highest BCUT2D eigenvalue weighted by Gasteiger charge is 2.28. The van der Waals surface area contributed by atoms with Gasteiger partial charge in [-0.2, -0.15) is 0 Å². The van der Waals surface area contributed by atoms with Crippen LogP contribution in [0.4, 0.5) is 9.59 Å². The maximum Gasteiger partial charge on any atom is 0.324 e. The van der Waals surface area contributed by atoms with Crippen molar-refractivity contribution in [3.05, 3.63) is 0 Å². The second kappa shape index (κ2) is 4.82. The van der Waals surface area contributed by atoms with E-state index in [1.54, 1.807) is 0 Å². The predicted molar refractivity (Wildman–Crippen MR) is 51.2 cm³/mol. The number of amides is 2. The van der Waals surface area contributed by atoms with Gasteiger partial charge >= 0.3 is 10.7 Å². The predicted octanol–water partition coefficient (Wildman–Crippen LogP) is 3.34. The second-order valence-corrected chi connectivity index (χ2v) is 3.81. The molecule has 0 aromatic carbocycles. The third-order valence-electron chi connectivity index (χ3n) is 2.32. The van der Waals surface area contributed by atoms with E-state index in [0.29, 0.717) is 0 Å². The molecule has 0 aliphatic heterocycles. The highest BCUT2D eigenvalue weighted by atomic mass is 35.5. The highest BCUT2D eigenvalue weighted by molar-refractivity contribution is 6.70. The summed E-state index contributed by atoms with van der Waals surface area (Å²) in [6, 6.07) is -0.0938. The van der Waals surface area contributed by atoms with Crippen molar-refractivity contribution in [1.82, 2.24) is 4.90 Å². The van der Waals surface area contributed by atoms with Crippen molar-refractivity contribution in [2.45, 2.75) is 38.1 Å². The van der Waals surface area contributed by atoms with Crippen LogP contribution in [0.15, 0.2) is 0 Å². The zero-order chi connectivity index (χ0) is 9.84. The van der Waals surface area contributed by atoms with Crippen LogP contribution in [-0.4, -0.2) is 21.7 Å². The first-order valence-corrected chi connectivity index (χ1v) is 5.06. The van der Waals surface area contributed by atoms with Crippen LogP contribution >= 0.6 is 23.2 Å². The zero-order valence-corrected chi connectivity index (χ0v) is 8.64. The van der Waals surface area contributed by atoms with Gasteiger partial charge in [-0.1, -0.05) is 19.3 Å². The van der Waals surface area contributed by atoms with Crippen molar-refractivity contribution < 1.29 is 9.59 Å². The molecule has 3 nitrogen and oxygen atoms in total. The molecule has 1 aliphatic carbocycles. The number of hydrogen-bond acceptors (Lipinski definition) is 2. The minimum Gasteiger partial charge on any atom is -0.255 e. The monoisotopic (exact) mass is 223 g/mol. The van der Waals surface area contributed by atoms with Gasteiger partial charge < -0.3 is 0 Å². The van der Waals surface area contributed by atoms with Crippen molar-refractivity contribution in [2.24, 2.45) is 0 Å². The number of nitrogens with zero attached hydrogens (tertiary/aromatic N) is 1. The maximum absolute atomic E-state index is 10.9. The van der Waals surface area contributed by atoms with E-state index >= 15 is 0 Å². The molecule has 0 atom stereocenters. The molecule has 0 saturated heterocycles. The summed E-state index contributed by atoms with van der Waals surface area (Å²) >= 11 is 10.5. The van der Waals surface area contributed by atoms with Crippen LogP contribution in [0, 0.1) is 0 Å². The molecule has 0 spiro atoms. The summed E-state index contributed by atoms with van der Waals surface area (Å²) in [5, 5.41) is -1.54. The number of carbonyl (C=O) groups is 2. The van der Waals surface area contributed by atoms with Crippen LogP contribution in [0.2, 0.25) is 0 Å². The second-order valence-electron chi connectivity index (χ2n) is 3.17. The van der Waals surface area contributed by atoms with Gasteiger partial charge in [-0.15, -0.1) is 0 Å². The van der Waals surface area contributed by atoms with Gasteiger partial charge in [0.15, 0.2) is 0 Å². The summed E-state index contributed by atoms with van der Waals surface area (Å²) in [7, 11) is 0. The lowest BCUT2D eigenvalue weighted by Crippen LogP contribution is -2.40. The van der Waals surface area contributed by atoms with Crippen LogP contribution in [0.25, 0.3) is 0 Å². The van der Waals surface area contributed by atoms with Crippen LogP contribution in [0.3, 0.4) is 0 Å². The van der Waals surface area contributed by atoms with E-state index in [1.165, 1.54) is 0 Å². The molecule has 5 heteroatoms. The third kappa shape index (κ3) is 2.85. The molecule has 74 valence electrons. The number of carbonyl (C=O) groups excluding carboxylic acids is 2. The minimum atomic E-state index is -0.771. The average Bonchev–Trinajstić information content (AvgIpc) is 2.04. The van der Waals surface area contributed by atoms with E-state index in [9.17, 15) is 9.59 Å². The molecule has 0 aromatic heterocycles. The molecule has 13 heavy (non-hydrogen) atoms. The summed E-state index contributed by atoms with van der Waals surface area (Å²) in [5.74, 6) is 0. The largest absolute Gasteiger partial charge is 0.324 e. The Labute approximate surface area is 87.0 Å². The van der Waals surface area contributed by atoms with Gasteiger partial charge in [0.1, 0.15) is 0 Å². The van der Waals surface area contributed by atoms with E-state index in [-0.39, 0.29) is 6.04 Å². The Morgan fingerprint density at radius 2 is 1.46 bits per heavy atom. The van der Waals surface area contributed by atoms with Crippen molar-refractivity contribution in [1.29, 1.82) is 0 Å². The lowest BCUT2D eigenvalue weighted by molar-refractivity contribution is 0.184. The summed E-state index contributed by atoms with van der Waals surface area (Å²) in [4.78, 5) is 22.7. The SMILES string of the molecule is O=C(Cl)N(C(=O)Cl)C1CCCCC1. The Kier molecular flexibility index (Phi) is 4.00. The molecule has 1 saturated carbocycles. The summed E-state index contributed by atoms with van der Waals surface area (Å²) in [5.41, 5.74) is 0. The van der Waals surface area contributed by atoms with Gasteiger partial charge in [-0.3, -0.25) is 14.5 Å². The number of rotatable bonds is 1. The van der Waals surface area contributed by atoms with Crippen molar-refractivity contribution >= 4 is 33.9 Å². The van der Waals surface area contributed by atoms with Gasteiger partial charge in [-0.05, 0) is 36.0 Å². The van der Waals surface area contributed by atoms with Crippen LogP contribution in [0.1, 0.15) is 32.1 Å². The standard InChI is InChI=1S/C8H11Cl2NO2/c9-7(12)11(8(10)13)6-4-2-1-3-5-6/h6H,1-5H2. The normalized spacial score (nSPS) is 18.3. The van der Waals surface area contributed by atoms with Gasteiger partial charge in [0.05, 0.1) is 0 Å². The molecular formula is C8H11Cl2NO2. The summed E-state index contributed by atoms with van der Waals surface area (Å²) < 4.78 is 0. The third-order valence-corrected chi connectivity index (χ3v) is 2.68. The first-order valence-electron chi connectivity index (χ1n) is 4.31. The number of hydrogen-bond donors (Lipinski definition) is 0. The van der Waals surface area contributed by atoms with Gasteiger partial charge in [0.2, 0.25) is 0 Å². The zero-order valence-electron chi connectivity index (χ0n) is 7.13. The molecule has 0 unspecified atom stereocenters. The fraction of sp³-hybridized carbons (Fsp3) is 0.750. The molecule has 0 aromatic rings. The smallest absolute Gasteiger partial charge is 0.255 e. The molecule has 1 fully saturated rings. The van der Waals surface area contributed by atoms with Gasteiger partial charge in [0, 0.05) is 6.04 Å². The topological polar surface area (TPSA) is 37.4 Å². The van der Waals surface area contributed by atoms with Crippen LogP contribution in [0.5, 0.6) is 0 Å². The fourth-order valence-corrected chi connectivity index (χ4v) is 2.17. The Morgan fingerprint density at radius 3 is 1.85 bits per heavy atom. The molecule has 1 rings (SSSR count). The molecular weight excluding hydrogens is 213 g/mol. The molecule has 0 N–H and O–H groups in total. The van der Waals surface area contributed by atoms with E-state index in [0.717, 1.165) is 37.0 Å². The lowest BCUT2D eigenvalue weighted by Gasteiger charge is -2.29. The quantitative estimate of drug-likeness (QED) is 0.506. The Balaban J connectivity index is 2.62. The molecule has 0 bridgehead atoms. The minimum absolute atomic E-state index is 0.0938. The van der Waals surface area contributed by atoms with Crippen molar-refractivity contribution in [2.75, 3.05) is 0 Å². The number of halogens is 2. The van der Waals surface area contributed by atoms with E-state index in [2.05, 4.69) is 0 Å². The van der Waals surface area contributed by atoms with Gasteiger partial charge in [0.25, 0.3) is 0 Å². The fourth-order valence-electron chi connectivity index (χ4n) is 1.70. The van der Waals surface area contributed by atoms with Crippen LogP contribution in [-0.2, 0) is 0 Å². The first kappa shape index (κ1) is 10.8. The van der Waals surface area contributed by atoms with Crippen LogP contribution < -0.4 is 0 Å². The summed E-state index contributed by atoms with van der Waals surface area (Å²) in [6.45, 7) is 0. The maximum atomic E-state index is 10.9. The Bertz CT molecular complexity index is 200. The van der Waals surface area contributed by atoms with Gasteiger partial charge in [-0.25, -0.2) is 0 Å². The molecule has 2 amide bonds.